The van der Waals surface area contributed by atoms with Gasteiger partial charge < -0.3 is 5.32 Å². The minimum Gasteiger partial charge on any atom is -0.348 e. The summed E-state index contributed by atoms with van der Waals surface area (Å²) in [6.07, 6.45) is 7.20. The van der Waals surface area contributed by atoms with E-state index >= 15 is 0 Å². The number of carbonyl (C=O) groups is 1. The van der Waals surface area contributed by atoms with Gasteiger partial charge in [-0.15, -0.1) is 0 Å². The SMILES string of the molecule is C/C=C/C(=O)NC1CCN(C2CC2)C1. The molecule has 1 atom stereocenters. The number of hydrogen-bond donors (Lipinski definition) is 1. The first-order valence-corrected chi connectivity index (χ1v) is 5.47. The fourth-order valence-electron chi connectivity index (χ4n) is 2.08. The highest BCUT2D eigenvalue weighted by molar-refractivity contribution is 5.87. The van der Waals surface area contributed by atoms with Gasteiger partial charge >= 0.3 is 0 Å². The quantitative estimate of drug-likeness (QED) is 0.677. The maximum atomic E-state index is 11.3. The Morgan fingerprint density at radius 1 is 1.43 bits per heavy atom. The highest BCUT2D eigenvalue weighted by atomic mass is 16.1. The third-order valence-corrected chi connectivity index (χ3v) is 2.95. The summed E-state index contributed by atoms with van der Waals surface area (Å²) in [5.41, 5.74) is 0. The Balaban J connectivity index is 1.74. The lowest BCUT2D eigenvalue weighted by Crippen LogP contribution is -2.36. The molecule has 78 valence electrons. The highest BCUT2D eigenvalue weighted by Crippen LogP contribution is 2.29. The van der Waals surface area contributed by atoms with E-state index in [9.17, 15) is 4.79 Å². The second-order valence-electron chi connectivity index (χ2n) is 4.22. The van der Waals surface area contributed by atoms with E-state index in [1.807, 2.05) is 6.92 Å². The number of nitrogens with one attached hydrogen (secondary N) is 1. The zero-order valence-electron chi connectivity index (χ0n) is 8.70. The molecule has 1 aliphatic carbocycles. The van der Waals surface area contributed by atoms with E-state index in [1.54, 1.807) is 12.2 Å². The van der Waals surface area contributed by atoms with Crippen molar-refractivity contribution in [2.24, 2.45) is 0 Å². The van der Waals surface area contributed by atoms with Gasteiger partial charge in [0.25, 0.3) is 0 Å². The Labute approximate surface area is 85.2 Å². The Kier molecular flexibility index (Phi) is 2.87. The van der Waals surface area contributed by atoms with Crippen molar-refractivity contribution in [3.8, 4) is 0 Å². The molecule has 1 saturated heterocycles. The number of carbonyl (C=O) groups excluding carboxylic acids is 1. The van der Waals surface area contributed by atoms with Crippen molar-refractivity contribution in [3.63, 3.8) is 0 Å². The average Bonchev–Trinajstić information content (AvgIpc) is 2.89. The fraction of sp³-hybridized carbons (Fsp3) is 0.727. The van der Waals surface area contributed by atoms with Crippen LogP contribution in [0.5, 0.6) is 0 Å². The van der Waals surface area contributed by atoms with Gasteiger partial charge in [-0.1, -0.05) is 6.08 Å². The smallest absolute Gasteiger partial charge is 0.243 e. The van der Waals surface area contributed by atoms with Crippen LogP contribution in [0.1, 0.15) is 26.2 Å². The molecule has 0 aromatic rings. The minimum absolute atomic E-state index is 0.0511. The van der Waals surface area contributed by atoms with Gasteiger partial charge in [-0.05, 0) is 32.3 Å². The molecule has 3 nitrogen and oxygen atoms in total. The van der Waals surface area contributed by atoms with Gasteiger partial charge in [0.2, 0.25) is 5.91 Å². The molecule has 1 unspecified atom stereocenters. The first-order valence-electron chi connectivity index (χ1n) is 5.47. The van der Waals surface area contributed by atoms with Crippen molar-refractivity contribution in [1.82, 2.24) is 10.2 Å². The Bertz CT molecular complexity index is 246. The molecule has 3 heteroatoms. The lowest BCUT2D eigenvalue weighted by atomic mass is 10.2. The van der Waals surface area contributed by atoms with Crippen LogP contribution in [0, 0.1) is 0 Å². The standard InChI is InChI=1S/C11H18N2O/c1-2-3-11(14)12-9-6-7-13(8-9)10-4-5-10/h2-3,9-10H,4-8H2,1H3,(H,12,14)/b3-2+. The van der Waals surface area contributed by atoms with Crippen LogP contribution in [0.4, 0.5) is 0 Å². The van der Waals surface area contributed by atoms with Gasteiger partial charge in [0.15, 0.2) is 0 Å². The minimum atomic E-state index is 0.0511. The van der Waals surface area contributed by atoms with E-state index in [-0.39, 0.29) is 5.91 Å². The van der Waals surface area contributed by atoms with Crippen molar-refractivity contribution in [2.75, 3.05) is 13.1 Å². The van der Waals surface area contributed by atoms with Crippen LogP contribution in [-0.4, -0.2) is 36.0 Å². The van der Waals surface area contributed by atoms with Gasteiger partial charge in [-0.3, -0.25) is 9.69 Å². The summed E-state index contributed by atoms with van der Waals surface area (Å²) in [5.74, 6) is 0.0511. The third kappa shape index (κ3) is 2.35. The lowest BCUT2D eigenvalue weighted by molar-refractivity contribution is -0.117. The van der Waals surface area contributed by atoms with Crippen LogP contribution in [0.25, 0.3) is 0 Å². The molecule has 0 spiro atoms. The molecule has 2 rings (SSSR count). The van der Waals surface area contributed by atoms with Crippen molar-refractivity contribution in [2.45, 2.75) is 38.3 Å². The maximum Gasteiger partial charge on any atom is 0.243 e. The zero-order chi connectivity index (χ0) is 9.97. The monoisotopic (exact) mass is 194 g/mol. The Hall–Kier alpha value is -0.830. The molecular weight excluding hydrogens is 176 g/mol. The van der Waals surface area contributed by atoms with Crippen molar-refractivity contribution < 1.29 is 4.79 Å². The summed E-state index contributed by atoms with van der Waals surface area (Å²) < 4.78 is 0. The molecular formula is C11H18N2O. The first-order chi connectivity index (χ1) is 6.79. The summed E-state index contributed by atoms with van der Waals surface area (Å²) in [4.78, 5) is 13.8. The summed E-state index contributed by atoms with van der Waals surface area (Å²) in [6.45, 7) is 4.07. The largest absolute Gasteiger partial charge is 0.348 e. The van der Waals surface area contributed by atoms with E-state index in [0.717, 1.165) is 25.6 Å². The Morgan fingerprint density at radius 3 is 2.86 bits per heavy atom. The van der Waals surface area contributed by atoms with E-state index < -0.39 is 0 Å². The van der Waals surface area contributed by atoms with E-state index in [2.05, 4.69) is 10.2 Å². The van der Waals surface area contributed by atoms with Crippen molar-refractivity contribution in [1.29, 1.82) is 0 Å². The van der Waals surface area contributed by atoms with Gasteiger partial charge in [0, 0.05) is 25.2 Å². The maximum absolute atomic E-state index is 11.3. The number of rotatable bonds is 3. The first kappa shape index (κ1) is 9.71. The normalized spacial score (nSPS) is 28.5. The predicted molar refractivity (Wildman–Crippen MR) is 56.0 cm³/mol. The van der Waals surface area contributed by atoms with Gasteiger partial charge in [-0.2, -0.15) is 0 Å². The highest BCUT2D eigenvalue weighted by Gasteiger charge is 2.34. The topological polar surface area (TPSA) is 32.3 Å². The summed E-state index contributed by atoms with van der Waals surface area (Å²) in [7, 11) is 0. The molecule has 0 radical (unpaired) electrons. The number of hydrogen-bond acceptors (Lipinski definition) is 2. The van der Waals surface area contributed by atoms with Gasteiger partial charge in [0.05, 0.1) is 0 Å². The van der Waals surface area contributed by atoms with Crippen LogP contribution < -0.4 is 5.32 Å². The molecule has 2 aliphatic rings. The molecule has 1 aliphatic heterocycles. The van der Waals surface area contributed by atoms with Crippen molar-refractivity contribution >= 4 is 5.91 Å². The second kappa shape index (κ2) is 4.13. The fourth-order valence-corrected chi connectivity index (χ4v) is 2.08. The molecule has 14 heavy (non-hydrogen) atoms. The van der Waals surface area contributed by atoms with Gasteiger partial charge in [0.1, 0.15) is 0 Å². The molecule has 1 N–H and O–H groups in total. The van der Waals surface area contributed by atoms with E-state index in [4.69, 9.17) is 0 Å². The van der Waals surface area contributed by atoms with Crippen molar-refractivity contribution in [3.05, 3.63) is 12.2 Å². The number of allylic oxidation sites excluding steroid dienone is 1. The summed E-state index contributed by atoms with van der Waals surface area (Å²) in [6, 6.07) is 1.21. The molecule has 0 bridgehead atoms. The Morgan fingerprint density at radius 2 is 2.21 bits per heavy atom. The van der Waals surface area contributed by atoms with Crippen LogP contribution in [0.3, 0.4) is 0 Å². The predicted octanol–water partition coefficient (Wildman–Crippen LogP) is 0.915. The summed E-state index contributed by atoms with van der Waals surface area (Å²) >= 11 is 0. The van der Waals surface area contributed by atoms with Crippen LogP contribution in [0.2, 0.25) is 0 Å². The second-order valence-corrected chi connectivity index (χ2v) is 4.22. The molecule has 1 heterocycles. The average molecular weight is 194 g/mol. The molecule has 2 fully saturated rings. The molecule has 1 amide bonds. The third-order valence-electron chi connectivity index (χ3n) is 2.95. The number of nitrogens with zero attached hydrogens (tertiary/aromatic N) is 1. The number of likely N-dealkylation sites (tertiary alicyclic amines) is 1. The zero-order valence-corrected chi connectivity index (χ0v) is 8.70. The van der Waals surface area contributed by atoms with Crippen LogP contribution in [-0.2, 0) is 4.79 Å². The van der Waals surface area contributed by atoms with Crippen LogP contribution in [0.15, 0.2) is 12.2 Å². The molecule has 0 aromatic carbocycles. The summed E-state index contributed by atoms with van der Waals surface area (Å²) in [5, 5.41) is 3.02. The van der Waals surface area contributed by atoms with E-state index in [1.165, 1.54) is 12.8 Å². The molecule has 0 aromatic heterocycles. The molecule has 1 saturated carbocycles. The van der Waals surface area contributed by atoms with Crippen LogP contribution >= 0.6 is 0 Å². The van der Waals surface area contributed by atoms with Gasteiger partial charge in [-0.25, -0.2) is 0 Å². The number of amides is 1. The lowest BCUT2D eigenvalue weighted by Gasteiger charge is -2.14. The van der Waals surface area contributed by atoms with E-state index in [0.29, 0.717) is 6.04 Å².